The zero-order valence-corrected chi connectivity index (χ0v) is 15.6. The Kier molecular flexibility index (Phi) is 4.91. The lowest BCUT2D eigenvalue weighted by molar-refractivity contribution is 0.306. The van der Waals surface area contributed by atoms with E-state index >= 15 is 0 Å². The Balaban J connectivity index is 1.42. The summed E-state index contributed by atoms with van der Waals surface area (Å²) in [5.41, 5.74) is 2.10. The molecular weight excluding hydrogens is 366 g/mol. The number of nitrogens with zero attached hydrogens (tertiary/aromatic N) is 1. The first-order valence-electron chi connectivity index (χ1n) is 8.25. The Hall–Kier alpha value is -1.99. The van der Waals surface area contributed by atoms with Gasteiger partial charge in [-0.15, -0.1) is 11.8 Å². The van der Waals surface area contributed by atoms with Gasteiger partial charge in [-0.1, -0.05) is 18.2 Å². The van der Waals surface area contributed by atoms with Crippen molar-refractivity contribution >= 4 is 22.4 Å². The van der Waals surface area contributed by atoms with E-state index in [1.54, 1.807) is 24.2 Å². The second-order valence-corrected chi connectivity index (χ2v) is 9.48. The number of thioether (sulfide) groups is 1. The highest BCUT2D eigenvalue weighted by Gasteiger charge is 2.35. The standard InChI is InChI=1S/C20H19NO3S2/c22-26(23)14-19(18-3-1-2-4-20(18)26)25-17-7-5-16(6-8-17)24-13-15-9-11-21-12-10-15/h1-12,19,22-23H,13-14H2. The largest absolute Gasteiger partial charge is 0.489 e. The number of pyridine rings is 1. The molecule has 1 unspecified atom stereocenters. The van der Waals surface area contributed by atoms with Gasteiger partial charge in [0.15, 0.2) is 0 Å². The summed E-state index contributed by atoms with van der Waals surface area (Å²) in [6, 6.07) is 19.4. The van der Waals surface area contributed by atoms with E-state index in [1.807, 2.05) is 60.7 Å². The predicted octanol–water partition coefficient (Wildman–Crippen LogP) is 5.62. The van der Waals surface area contributed by atoms with Crippen molar-refractivity contribution in [1.82, 2.24) is 4.98 Å². The van der Waals surface area contributed by atoms with Crippen LogP contribution in [0.5, 0.6) is 5.75 Å². The van der Waals surface area contributed by atoms with Crippen LogP contribution in [0.4, 0.5) is 0 Å². The molecule has 2 heterocycles. The molecule has 3 aromatic rings. The van der Waals surface area contributed by atoms with E-state index in [4.69, 9.17) is 4.74 Å². The van der Waals surface area contributed by atoms with Crippen molar-refractivity contribution in [2.24, 2.45) is 0 Å². The van der Waals surface area contributed by atoms with Gasteiger partial charge >= 0.3 is 0 Å². The molecule has 134 valence electrons. The second kappa shape index (κ2) is 7.32. The van der Waals surface area contributed by atoms with E-state index in [2.05, 4.69) is 4.98 Å². The third kappa shape index (κ3) is 3.73. The highest BCUT2D eigenvalue weighted by atomic mass is 32.3. The fourth-order valence-corrected chi connectivity index (χ4v) is 6.49. The molecule has 6 heteroatoms. The molecule has 26 heavy (non-hydrogen) atoms. The van der Waals surface area contributed by atoms with Gasteiger partial charge in [-0.2, -0.15) is 10.6 Å². The van der Waals surface area contributed by atoms with Crippen molar-refractivity contribution < 1.29 is 13.8 Å². The van der Waals surface area contributed by atoms with Gasteiger partial charge in [0.2, 0.25) is 0 Å². The van der Waals surface area contributed by atoms with Gasteiger partial charge < -0.3 is 4.74 Å². The van der Waals surface area contributed by atoms with Gasteiger partial charge in [-0.3, -0.25) is 14.1 Å². The summed E-state index contributed by atoms with van der Waals surface area (Å²) in [5.74, 6) is 1.18. The highest BCUT2D eigenvalue weighted by Crippen LogP contribution is 2.62. The Labute approximate surface area is 158 Å². The molecule has 4 nitrogen and oxygen atoms in total. The van der Waals surface area contributed by atoms with E-state index in [1.165, 1.54) is 0 Å². The summed E-state index contributed by atoms with van der Waals surface area (Å²) in [6.45, 7) is 0.506. The van der Waals surface area contributed by atoms with E-state index in [0.717, 1.165) is 21.8 Å². The summed E-state index contributed by atoms with van der Waals surface area (Å²) < 4.78 is 26.4. The third-order valence-corrected chi connectivity index (χ3v) is 7.59. The summed E-state index contributed by atoms with van der Waals surface area (Å²) in [7, 11) is -2.67. The molecule has 0 aliphatic carbocycles. The number of hydrogen-bond donors (Lipinski definition) is 2. The van der Waals surface area contributed by atoms with Crippen molar-refractivity contribution in [3.05, 3.63) is 84.2 Å². The van der Waals surface area contributed by atoms with Gasteiger partial charge in [-0.25, -0.2) is 0 Å². The van der Waals surface area contributed by atoms with Crippen LogP contribution >= 0.6 is 22.4 Å². The van der Waals surface area contributed by atoms with E-state index < -0.39 is 10.6 Å². The molecule has 0 fully saturated rings. The maximum Gasteiger partial charge on any atom is 0.119 e. The van der Waals surface area contributed by atoms with E-state index in [-0.39, 0.29) is 5.25 Å². The van der Waals surface area contributed by atoms with Gasteiger partial charge in [-0.05, 0) is 53.6 Å². The Morgan fingerprint density at radius 3 is 2.50 bits per heavy atom. The summed E-state index contributed by atoms with van der Waals surface area (Å²) in [6.07, 6.45) is 3.50. The Morgan fingerprint density at radius 2 is 1.73 bits per heavy atom. The van der Waals surface area contributed by atoms with Crippen molar-refractivity contribution in [3.8, 4) is 5.75 Å². The molecule has 0 spiro atoms. The molecule has 4 rings (SSSR count). The quantitative estimate of drug-likeness (QED) is 0.597. The number of benzene rings is 2. The number of rotatable bonds is 5. The minimum atomic E-state index is -2.67. The number of hydrogen-bond acceptors (Lipinski definition) is 5. The van der Waals surface area contributed by atoms with Gasteiger partial charge in [0.1, 0.15) is 12.4 Å². The first kappa shape index (κ1) is 17.4. The second-order valence-electron chi connectivity index (χ2n) is 6.09. The number of fused-ring (bicyclic) bond motifs is 1. The van der Waals surface area contributed by atoms with Crippen molar-refractivity contribution in [2.45, 2.75) is 21.6 Å². The van der Waals surface area contributed by atoms with Crippen molar-refractivity contribution in [2.75, 3.05) is 5.75 Å². The minimum absolute atomic E-state index is 0.0554. The lowest BCUT2D eigenvalue weighted by atomic mass is 10.2. The smallest absolute Gasteiger partial charge is 0.119 e. The summed E-state index contributed by atoms with van der Waals surface area (Å²) >= 11 is 1.66. The van der Waals surface area contributed by atoms with Crippen LogP contribution in [0.25, 0.3) is 0 Å². The van der Waals surface area contributed by atoms with Crippen molar-refractivity contribution in [3.63, 3.8) is 0 Å². The summed E-state index contributed by atoms with van der Waals surface area (Å²) in [4.78, 5) is 5.77. The summed E-state index contributed by atoms with van der Waals surface area (Å²) in [5, 5.41) is 0.0554. The maximum atomic E-state index is 10.3. The molecule has 2 aromatic carbocycles. The van der Waals surface area contributed by atoms with E-state index in [0.29, 0.717) is 17.3 Å². The van der Waals surface area contributed by atoms with Crippen LogP contribution in [-0.2, 0) is 6.61 Å². The monoisotopic (exact) mass is 385 g/mol. The molecule has 1 atom stereocenters. The minimum Gasteiger partial charge on any atom is -0.489 e. The zero-order valence-electron chi connectivity index (χ0n) is 14.0. The van der Waals surface area contributed by atoms with Crippen LogP contribution in [0.15, 0.2) is 82.8 Å². The van der Waals surface area contributed by atoms with E-state index in [9.17, 15) is 9.11 Å². The topological polar surface area (TPSA) is 62.6 Å². The molecule has 1 aliphatic rings. The lowest BCUT2D eigenvalue weighted by Gasteiger charge is -2.27. The van der Waals surface area contributed by atoms with Gasteiger partial charge in [0.05, 0.1) is 15.9 Å². The molecule has 0 amide bonds. The first-order valence-corrected chi connectivity index (χ1v) is 10.8. The fourth-order valence-electron chi connectivity index (χ4n) is 2.96. The number of aromatic nitrogens is 1. The SMILES string of the molecule is OS1(O)CC(Sc2ccc(OCc3ccncc3)cc2)c2ccccc21. The Morgan fingerprint density at radius 1 is 1.00 bits per heavy atom. The first-order chi connectivity index (χ1) is 12.6. The molecule has 1 aliphatic heterocycles. The molecular formula is C20H19NO3S2. The fraction of sp³-hybridized carbons (Fsp3) is 0.150. The van der Waals surface area contributed by atoms with Gasteiger partial charge in [0.25, 0.3) is 0 Å². The molecule has 0 saturated heterocycles. The third-order valence-electron chi connectivity index (χ3n) is 4.26. The van der Waals surface area contributed by atoms with Crippen LogP contribution in [0, 0.1) is 0 Å². The van der Waals surface area contributed by atoms with Crippen LogP contribution in [-0.4, -0.2) is 19.8 Å². The zero-order chi connectivity index (χ0) is 18.0. The van der Waals surface area contributed by atoms with Crippen LogP contribution in [0.2, 0.25) is 0 Å². The van der Waals surface area contributed by atoms with Crippen molar-refractivity contribution in [1.29, 1.82) is 0 Å². The molecule has 0 radical (unpaired) electrons. The molecule has 0 bridgehead atoms. The number of ether oxygens (including phenoxy) is 1. The van der Waals surface area contributed by atoms with Crippen LogP contribution < -0.4 is 4.74 Å². The molecule has 0 saturated carbocycles. The average molecular weight is 386 g/mol. The predicted molar refractivity (Wildman–Crippen MR) is 106 cm³/mol. The van der Waals surface area contributed by atoms with Crippen LogP contribution in [0.1, 0.15) is 16.4 Å². The Bertz CT molecular complexity index is 885. The maximum absolute atomic E-state index is 10.3. The molecule has 1 aromatic heterocycles. The highest BCUT2D eigenvalue weighted by molar-refractivity contribution is 8.25. The molecule has 2 N–H and O–H groups in total. The van der Waals surface area contributed by atoms with Crippen LogP contribution in [0.3, 0.4) is 0 Å². The van der Waals surface area contributed by atoms with Gasteiger partial charge in [0, 0.05) is 17.3 Å². The average Bonchev–Trinajstić information content (AvgIpc) is 2.93. The normalized spacial score (nSPS) is 18.9. The lowest BCUT2D eigenvalue weighted by Crippen LogP contribution is -1.98.